The van der Waals surface area contributed by atoms with Crippen molar-refractivity contribution in [1.29, 1.82) is 0 Å². The van der Waals surface area contributed by atoms with E-state index in [0.717, 1.165) is 26.9 Å². The molecule has 3 rings (SSSR count). The van der Waals surface area contributed by atoms with E-state index in [0.29, 0.717) is 6.54 Å². The quantitative estimate of drug-likeness (QED) is 0.763. The van der Waals surface area contributed by atoms with Gasteiger partial charge < -0.3 is 10.7 Å². The highest BCUT2D eigenvalue weighted by atomic mass is 32.2. The fraction of sp³-hybridized carbons (Fsp3) is 0.154. The van der Waals surface area contributed by atoms with Crippen molar-refractivity contribution in [1.82, 2.24) is 19.9 Å². The van der Waals surface area contributed by atoms with Crippen molar-refractivity contribution in [2.24, 2.45) is 5.73 Å². The van der Waals surface area contributed by atoms with Crippen LogP contribution in [0, 0.1) is 6.92 Å². The summed E-state index contributed by atoms with van der Waals surface area (Å²) >= 11 is 1.46. The molecular formula is C13H13N5S. The molecule has 0 saturated carbocycles. The van der Waals surface area contributed by atoms with Crippen LogP contribution in [0.25, 0.3) is 11.0 Å². The van der Waals surface area contributed by atoms with Gasteiger partial charge in [-0.25, -0.2) is 9.97 Å². The first-order valence-corrected chi connectivity index (χ1v) is 6.71. The van der Waals surface area contributed by atoms with Gasteiger partial charge in [0.05, 0.1) is 29.1 Å². The molecule has 19 heavy (non-hydrogen) atoms. The Labute approximate surface area is 114 Å². The lowest BCUT2D eigenvalue weighted by Gasteiger charge is -1.97. The van der Waals surface area contributed by atoms with E-state index in [1.807, 2.05) is 12.1 Å². The molecular weight excluding hydrogens is 258 g/mol. The van der Waals surface area contributed by atoms with Crippen LogP contribution in [0.15, 0.2) is 40.8 Å². The Morgan fingerprint density at radius 1 is 1.26 bits per heavy atom. The Balaban J connectivity index is 1.87. The van der Waals surface area contributed by atoms with Crippen molar-refractivity contribution in [3.8, 4) is 0 Å². The van der Waals surface area contributed by atoms with Crippen LogP contribution in [0.5, 0.6) is 0 Å². The molecule has 0 saturated heterocycles. The van der Waals surface area contributed by atoms with E-state index in [1.54, 1.807) is 12.4 Å². The van der Waals surface area contributed by atoms with Crippen molar-refractivity contribution in [2.75, 3.05) is 0 Å². The maximum atomic E-state index is 5.49. The van der Waals surface area contributed by atoms with Crippen LogP contribution in [-0.2, 0) is 6.54 Å². The van der Waals surface area contributed by atoms with E-state index < -0.39 is 0 Å². The van der Waals surface area contributed by atoms with Crippen LogP contribution >= 0.6 is 11.8 Å². The van der Waals surface area contributed by atoms with Gasteiger partial charge in [-0.15, -0.1) is 0 Å². The SMILES string of the molecule is Cc1ccc2nc(Sc3cnc(CN)cn3)[nH]c2c1. The summed E-state index contributed by atoms with van der Waals surface area (Å²) in [5.74, 6) is 0. The van der Waals surface area contributed by atoms with Crippen LogP contribution in [0.2, 0.25) is 0 Å². The van der Waals surface area contributed by atoms with Crippen molar-refractivity contribution in [2.45, 2.75) is 23.7 Å². The van der Waals surface area contributed by atoms with E-state index in [-0.39, 0.29) is 0 Å². The van der Waals surface area contributed by atoms with Gasteiger partial charge >= 0.3 is 0 Å². The summed E-state index contributed by atoms with van der Waals surface area (Å²) in [6.45, 7) is 2.46. The zero-order valence-corrected chi connectivity index (χ0v) is 11.2. The van der Waals surface area contributed by atoms with Gasteiger partial charge in [-0.2, -0.15) is 0 Å². The normalized spacial score (nSPS) is 11.1. The Bertz CT molecular complexity index is 705. The van der Waals surface area contributed by atoms with Crippen molar-refractivity contribution in [3.63, 3.8) is 0 Å². The summed E-state index contributed by atoms with van der Waals surface area (Å²) < 4.78 is 0. The molecule has 6 heteroatoms. The first kappa shape index (κ1) is 12.1. The van der Waals surface area contributed by atoms with Gasteiger partial charge in [-0.3, -0.25) is 4.98 Å². The molecule has 0 fully saturated rings. The van der Waals surface area contributed by atoms with Gasteiger partial charge in [0.2, 0.25) is 0 Å². The smallest absolute Gasteiger partial charge is 0.172 e. The van der Waals surface area contributed by atoms with Crippen LogP contribution < -0.4 is 5.73 Å². The van der Waals surface area contributed by atoms with Crippen LogP contribution in [-0.4, -0.2) is 19.9 Å². The first-order valence-electron chi connectivity index (χ1n) is 5.90. The predicted molar refractivity (Wildman–Crippen MR) is 74.9 cm³/mol. The molecule has 0 atom stereocenters. The largest absolute Gasteiger partial charge is 0.333 e. The minimum atomic E-state index is 0.405. The number of nitrogens with one attached hydrogen (secondary N) is 1. The summed E-state index contributed by atoms with van der Waals surface area (Å²) in [5.41, 5.74) is 9.47. The second-order valence-electron chi connectivity index (χ2n) is 4.21. The second-order valence-corrected chi connectivity index (χ2v) is 5.22. The van der Waals surface area contributed by atoms with Gasteiger partial charge in [-0.1, -0.05) is 6.07 Å². The summed E-state index contributed by atoms with van der Waals surface area (Å²) in [6.07, 6.45) is 3.40. The van der Waals surface area contributed by atoms with Gasteiger partial charge in [0.25, 0.3) is 0 Å². The standard InChI is InChI=1S/C13H13N5S/c1-8-2-3-10-11(4-8)18-13(17-10)19-12-7-15-9(5-14)6-16-12/h2-4,6-7H,5,14H2,1H3,(H,17,18). The second kappa shape index (κ2) is 4.99. The molecule has 2 heterocycles. The number of aryl methyl sites for hydroxylation is 1. The van der Waals surface area contributed by atoms with Crippen molar-refractivity contribution < 1.29 is 0 Å². The molecule has 0 radical (unpaired) electrons. The minimum Gasteiger partial charge on any atom is -0.333 e. The first-order chi connectivity index (χ1) is 9.24. The lowest BCUT2D eigenvalue weighted by molar-refractivity contribution is 0.920. The summed E-state index contributed by atoms with van der Waals surface area (Å²) in [7, 11) is 0. The molecule has 0 aliphatic carbocycles. The fourth-order valence-electron chi connectivity index (χ4n) is 1.75. The highest BCUT2D eigenvalue weighted by Crippen LogP contribution is 2.25. The third kappa shape index (κ3) is 2.59. The third-order valence-electron chi connectivity index (χ3n) is 2.71. The van der Waals surface area contributed by atoms with Gasteiger partial charge in [0, 0.05) is 6.54 Å². The monoisotopic (exact) mass is 271 g/mol. The van der Waals surface area contributed by atoms with E-state index in [4.69, 9.17) is 5.73 Å². The number of fused-ring (bicyclic) bond motifs is 1. The van der Waals surface area contributed by atoms with Gasteiger partial charge in [0.15, 0.2) is 5.16 Å². The highest BCUT2D eigenvalue weighted by molar-refractivity contribution is 7.99. The number of nitrogens with zero attached hydrogens (tertiary/aromatic N) is 3. The molecule has 5 nitrogen and oxygen atoms in total. The number of benzene rings is 1. The number of hydrogen-bond acceptors (Lipinski definition) is 5. The van der Waals surface area contributed by atoms with Gasteiger partial charge in [0.1, 0.15) is 5.03 Å². The maximum absolute atomic E-state index is 5.49. The third-order valence-corrected chi connectivity index (χ3v) is 3.51. The fourth-order valence-corrected chi connectivity index (χ4v) is 2.46. The molecule has 2 aromatic heterocycles. The lowest BCUT2D eigenvalue weighted by atomic mass is 10.2. The zero-order chi connectivity index (χ0) is 13.2. The molecule has 3 N–H and O–H groups in total. The molecule has 0 bridgehead atoms. The summed E-state index contributed by atoms with van der Waals surface area (Å²) in [6, 6.07) is 6.14. The highest BCUT2D eigenvalue weighted by Gasteiger charge is 2.06. The Morgan fingerprint density at radius 3 is 2.89 bits per heavy atom. The number of H-pyrrole nitrogens is 1. The minimum absolute atomic E-state index is 0.405. The van der Waals surface area contributed by atoms with Crippen LogP contribution in [0.1, 0.15) is 11.3 Å². The average Bonchev–Trinajstić information content (AvgIpc) is 2.81. The number of nitrogens with two attached hydrogens (primary N) is 1. The molecule has 0 aliphatic heterocycles. The van der Waals surface area contributed by atoms with Crippen LogP contribution in [0.3, 0.4) is 0 Å². The predicted octanol–water partition coefficient (Wildman–Crippen LogP) is 2.27. The molecule has 0 aliphatic rings. The van der Waals surface area contributed by atoms with Crippen molar-refractivity contribution >= 4 is 22.8 Å². The Hall–Kier alpha value is -1.92. The van der Waals surface area contributed by atoms with Crippen LogP contribution in [0.4, 0.5) is 0 Å². The Kier molecular flexibility index (Phi) is 3.18. The number of rotatable bonds is 3. The van der Waals surface area contributed by atoms with E-state index in [1.165, 1.54) is 17.3 Å². The molecule has 0 amide bonds. The maximum Gasteiger partial charge on any atom is 0.172 e. The van der Waals surface area contributed by atoms with Crippen molar-refractivity contribution in [3.05, 3.63) is 41.9 Å². The average molecular weight is 271 g/mol. The molecule has 0 spiro atoms. The number of hydrogen-bond donors (Lipinski definition) is 2. The lowest BCUT2D eigenvalue weighted by Crippen LogP contribution is -2.00. The van der Waals surface area contributed by atoms with E-state index >= 15 is 0 Å². The van der Waals surface area contributed by atoms with Gasteiger partial charge in [-0.05, 0) is 36.4 Å². The van der Waals surface area contributed by atoms with E-state index in [9.17, 15) is 0 Å². The summed E-state index contributed by atoms with van der Waals surface area (Å²) in [4.78, 5) is 16.3. The molecule has 3 aromatic rings. The topological polar surface area (TPSA) is 80.5 Å². The zero-order valence-electron chi connectivity index (χ0n) is 10.4. The molecule has 96 valence electrons. The molecule has 0 unspecified atom stereocenters. The number of imidazole rings is 1. The van der Waals surface area contributed by atoms with E-state index in [2.05, 4.69) is 32.9 Å². The number of aromatic nitrogens is 4. The Morgan fingerprint density at radius 2 is 2.16 bits per heavy atom. The summed E-state index contributed by atoms with van der Waals surface area (Å²) in [5, 5.41) is 1.61. The number of aromatic amines is 1. The molecule has 1 aromatic carbocycles.